The molecule has 12 heteroatoms. The number of ether oxygens (including phenoxy) is 6. The van der Waals surface area contributed by atoms with Gasteiger partial charge in [-0.05, 0) is 28.1 Å². The van der Waals surface area contributed by atoms with E-state index >= 15 is 4.39 Å². The largest absolute Gasteiger partial charge is 0.497 e. The first-order valence-corrected chi connectivity index (χ1v) is 14.1. The van der Waals surface area contributed by atoms with E-state index in [-0.39, 0.29) is 12.8 Å². The molecule has 1 aliphatic rings. The van der Waals surface area contributed by atoms with Gasteiger partial charge in [0.2, 0.25) is 0 Å². The van der Waals surface area contributed by atoms with Crippen LogP contribution in [0.4, 0.5) is 4.39 Å². The van der Waals surface area contributed by atoms with E-state index in [9.17, 15) is 19.2 Å². The number of carbonyl (C=O) groups excluding carboxylic acids is 4. The van der Waals surface area contributed by atoms with E-state index < -0.39 is 60.2 Å². The first-order valence-electron chi connectivity index (χ1n) is 13.7. The van der Waals surface area contributed by atoms with Crippen LogP contribution in [0.5, 0.6) is 5.75 Å². The van der Waals surface area contributed by atoms with Gasteiger partial charge in [0.25, 0.3) is 0 Å². The maximum Gasteiger partial charge on any atom is 0.308 e. The molecule has 3 aromatic carbocycles. The number of hydrogen-bond donors (Lipinski definition) is 0. The first-order chi connectivity index (χ1) is 20.9. The topological polar surface area (TPSA) is 124 Å². The molecule has 0 bridgehead atoms. The molecule has 0 saturated carbocycles. The lowest BCUT2D eigenvalue weighted by atomic mass is 9.86. The molecule has 0 spiro atoms. The number of benzene rings is 3. The lowest BCUT2D eigenvalue weighted by Gasteiger charge is -2.45. The zero-order valence-electron chi connectivity index (χ0n) is 24.8. The number of rotatable bonds is 9. The first kappa shape index (κ1) is 32.7. The second-order valence-electron chi connectivity index (χ2n) is 10.2. The van der Waals surface area contributed by atoms with Crippen molar-refractivity contribution in [3.8, 4) is 5.75 Å². The summed E-state index contributed by atoms with van der Waals surface area (Å²) in [6.45, 7) is 3.46. The molecule has 234 valence electrons. The molecule has 0 N–H and O–H groups in total. The van der Waals surface area contributed by atoms with Crippen LogP contribution in [0.3, 0.4) is 0 Å². The third-order valence-electron chi connectivity index (χ3n) is 7.17. The quantitative estimate of drug-likeness (QED) is 0.235. The fraction of sp³-hybridized carbons (Fsp3) is 0.375. The Bertz CT molecular complexity index is 1570. The molecule has 5 atom stereocenters. The zero-order chi connectivity index (χ0) is 32.1. The fourth-order valence-electron chi connectivity index (χ4n) is 5.35. The summed E-state index contributed by atoms with van der Waals surface area (Å²) in [5.41, 5.74) is 1.31. The molecule has 0 aromatic heterocycles. The Kier molecular flexibility index (Phi) is 10.4. The van der Waals surface area contributed by atoms with E-state index in [1.165, 1.54) is 27.2 Å². The number of esters is 4. The van der Waals surface area contributed by atoms with Crippen molar-refractivity contribution < 1.29 is 52.0 Å². The van der Waals surface area contributed by atoms with E-state index in [1.54, 1.807) is 42.5 Å². The molecule has 1 heterocycles. The van der Waals surface area contributed by atoms with Crippen LogP contribution in [0.2, 0.25) is 5.02 Å². The monoisotopic (exact) mass is 630 g/mol. The molecule has 4 rings (SSSR count). The van der Waals surface area contributed by atoms with Crippen LogP contribution in [0.1, 0.15) is 50.0 Å². The summed E-state index contributed by atoms with van der Waals surface area (Å²) < 4.78 is 48.2. The van der Waals surface area contributed by atoms with Gasteiger partial charge in [0.1, 0.15) is 23.8 Å². The Morgan fingerprint density at radius 1 is 0.818 bits per heavy atom. The normalized spacial score (nSPS) is 21.3. The summed E-state index contributed by atoms with van der Waals surface area (Å²) in [6, 6.07) is 13.3. The molecule has 44 heavy (non-hydrogen) atoms. The molecule has 1 saturated heterocycles. The van der Waals surface area contributed by atoms with Crippen molar-refractivity contribution in [3.63, 3.8) is 0 Å². The summed E-state index contributed by atoms with van der Waals surface area (Å²) in [5.74, 6) is -3.06. The van der Waals surface area contributed by atoms with Gasteiger partial charge in [-0.3, -0.25) is 19.2 Å². The van der Waals surface area contributed by atoms with Crippen LogP contribution in [-0.4, -0.2) is 62.5 Å². The highest BCUT2D eigenvalue weighted by atomic mass is 35.5. The van der Waals surface area contributed by atoms with Crippen molar-refractivity contribution in [1.82, 2.24) is 0 Å². The van der Waals surface area contributed by atoms with Crippen LogP contribution < -0.4 is 4.74 Å². The minimum atomic E-state index is -1.37. The van der Waals surface area contributed by atoms with Crippen LogP contribution in [0, 0.1) is 5.82 Å². The van der Waals surface area contributed by atoms with Crippen molar-refractivity contribution in [2.24, 2.45) is 0 Å². The number of hydrogen-bond acceptors (Lipinski definition) is 10. The fourth-order valence-corrected chi connectivity index (χ4v) is 5.64. The van der Waals surface area contributed by atoms with Crippen LogP contribution in [-0.2, 0) is 49.3 Å². The Hall–Kier alpha value is -4.22. The molecule has 0 unspecified atom stereocenters. The minimum Gasteiger partial charge on any atom is -0.497 e. The summed E-state index contributed by atoms with van der Waals surface area (Å²) in [5, 5.41) is 1.55. The second kappa shape index (κ2) is 14.0. The van der Waals surface area contributed by atoms with Crippen molar-refractivity contribution in [2.75, 3.05) is 14.2 Å². The van der Waals surface area contributed by atoms with Crippen molar-refractivity contribution >= 4 is 46.3 Å². The maximum atomic E-state index is 15.0. The molecule has 1 fully saturated rings. The van der Waals surface area contributed by atoms with E-state index in [2.05, 4.69) is 0 Å². The van der Waals surface area contributed by atoms with E-state index in [0.29, 0.717) is 38.2 Å². The highest BCUT2D eigenvalue weighted by Crippen LogP contribution is 2.43. The predicted molar refractivity (Wildman–Crippen MR) is 156 cm³/mol. The molecule has 10 nitrogen and oxygen atoms in total. The van der Waals surface area contributed by atoms with Gasteiger partial charge in [0, 0.05) is 38.6 Å². The highest BCUT2D eigenvalue weighted by molar-refractivity contribution is 6.36. The van der Waals surface area contributed by atoms with Gasteiger partial charge in [-0.25, -0.2) is 4.39 Å². The van der Waals surface area contributed by atoms with Crippen molar-refractivity contribution in [3.05, 3.63) is 76.1 Å². The summed E-state index contributed by atoms with van der Waals surface area (Å²) in [4.78, 5) is 49.3. The predicted octanol–water partition coefficient (Wildman–Crippen LogP) is 5.03. The van der Waals surface area contributed by atoms with Gasteiger partial charge in [-0.2, -0.15) is 0 Å². The van der Waals surface area contributed by atoms with Crippen molar-refractivity contribution in [2.45, 2.75) is 64.1 Å². The number of fused-ring (bicyclic) bond motifs is 1. The highest BCUT2D eigenvalue weighted by Gasteiger charge is 2.53. The molecule has 1 aliphatic heterocycles. The summed E-state index contributed by atoms with van der Waals surface area (Å²) >= 11 is 6.87. The third kappa shape index (κ3) is 7.28. The van der Waals surface area contributed by atoms with E-state index in [1.807, 2.05) is 0 Å². The lowest BCUT2D eigenvalue weighted by molar-refractivity contribution is -0.249. The maximum absolute atomic E-state index is 15.0. The molecular weight excluding hydrogens is 599 g/mol. The average molecular weight is 631 g/mol. The van der Waals surface area contributed by atoms with Gasteiger partial charge < -0.3 is 28.4 Å². The minimum absolute atomic E-state index is 0.0759. The second-order valence-corrected chi connectivity index (χ2v) is 10.6. The van der Waals surface area contributed by atoms with Crippen LogP contribution in [0.25, 0.3) is 10.8 Å². The molecular formula is C32H32ClFO10. The van der Waals surface area contributed by atoms with Crippen molar-refractivity contribution in [1.29, 1.82) is 0 Å². The van der Waals surface area contributed by atoms with Gasteiger partial charge in [0.15, 0.2) is 18.3 Å². The number of carbonyl (C=O) groups is 4. The van der Waals surface area contributed by atoms with E-state index in [0.717, 1.165) is 13.8 Å². The smallest absolute Gasteiger partial charge is 0.308 e. The lowest BCUT2D eigenvalue weighted by Crippen LogP contribution is -2.58. The van der Waals surface area contributed by atoms with Crippen LogP contribution in [0.15, 0.2) is 48.5 Å². The van der Waals surface area contributed by atoms with Gasteiger partial charge in [-0.1, -0.05) is 48.0 Å². The van der Waals surface area contributed by atoms with Gasteiger partial charge >= 0.3 is 23.9 Å². The Balaban J connectivity index is 1.93. The molecule has 0 amide bonds. The van der Waals surface area contributed by atoms with Gasteiger partial charge in [-0.15, -0.1) is 0 Å². The number of methoxy groups -OCH3 is 2. The summed E-state index contributed by atoms with van der Waals surface area (Å²) in [6.07, 6.45) is -6.68. The third-order valence-corrected chi connectivity index (χ3v) is 7.62. The Labute approximate surface area is 258 Å². The summed E-state index contributed by atoms with van der Waals surface area (Å²) in [7, 11) is 2.62. The molecule has 0 radical (unpaired) electrons. The SMILES string of the molecule is COC(=O)C[C@H]1O[C@@H](c2cc(Cc3ccc(OC)cc3F)c(Cl)c3ccccc23)[C@H](OC(C)=O)[C@H](OC(C)=O)[C@@H]1OC(C)=O. The Morgan fingerprint density at radius 2 is 1.43 bits per heavy atom. The molecule has 0 aliphatic carbocycles. The number of halogens is 2. The van der Waals surface area contributed by atoms with E-state index in [4.69, 9.17) is 40.0 Å². The Morgan fingerprint density at radius 3 is 2.02 bits per heavy atom. The standard InChI is InChI=1S/C32H32ClFO10/c1-16(35)41-30-26(15-27(38)40-5)44-29(31(42-17(2)36)32(30)43-18(3)37)24-13-20(28(33)23-9-7-6-8-22(23)24)12-19-10-11-21(39-4)14-25(19)34/h6-11,13-14,26,29-32H,12,15H2,1-5H3/t26-,29+,30-,31+,32-/m1/s1. The van der Waals surface area contributed by atoms with Gasteiger partial charge in [0.05, 0.1) is 25.7 Å². The van der Waals surface area contributed by atoms with Crippen LogP contribution >= 0.6 is 11.6 Å². The molecule has 3 aromatic rings. The zero-order valence-corrected chi connectivity index (χ0v) is 25.5. The average Bonchev–Trinajstić information content (AvgIpc) is 2.97.